The fraction of sp³-hybridized carbons (Fsp3) is 0.353. The molecule has 1 amide bonds. The Morgan fingerprint density at radius 3 is 2.62 bits per heavy atom. The maximum absolute atomic E-state index is 11.9. The number of rotatable bonds is 8. The first-order chi connectivity index (χ1) is 11.6. The molecule has 0 atom stereocenters. The van der Waals surface area contributed by atoms with Gasteiger partial charge >= 0.3 is 0 Å². The minimum Gasteiger partial charge on any atom is -0.495 e. The lowest BCUT2D eigenvalue weighted by Crippen LogP contribution is -2.33. The second kappa shape index (κ2) is 8.71. The number of hydrogen-bond donors (Lipinski definition) is 1. The summed E-state index contributed by atoms with van der Waals surface area (Å²) in [5.74, 6) is 0.879. The molecule has 7 heteroatoms. The van der Waals surface area contributed by atoms with Gasteiger partial charge in [0.2, 0.25) is 5.91 Å². The first kappa shape index (κ1) is 17.5. The van der Waals surface area contributed by atoms with E-state index in [1.165, 1.54) is 19.4 Å². The van der Waals surface area contributed by atoms with Crippen LogP contribution in [-0.4, -0.2) is 29.4 Å². The molecule has 0 aliphatic carbocycles. The predicted molar refractivity (Wildman–Crippen MR) is 89.1 cm³/mol. The van der Waals surface area contributed by atoms with Crippen LogP contribution in [0.25, 0.3) is 0 Å². The highest BCUT2D eigenvalue weighted by Gasteiger charge is 2.06. The lowest BCUT2D eigenvalue weighted by atomic mass is 10.2. The summed E-state index contributed by atoms with van der Waals surface area (Å²) in [5.41, 5.74) is 0.559. The van der Waals surface area contributed by atoms with E-state index in [0.29, 0.717) is 18.9 Å². The number of methoxy groups -OCH3 is 1. The van der Waals surface area contributed by atoms with Gasteiger partial charge in [0.05, 0.1) is 19.9 Å². The monoisotopic (exact) mass is 331 g/mol. The topological polar surface area (TPSA) is 82.4 Å². The first-order valence-electron chi connectivity index (χ1n) is 7.72. The summed E-state index contributed by atoms with van der Waals surface area (Å²) in [5, 5.41) is 6.64. The number of aromatic nitrogens is 2. The molecule has 0 bridgehead atoms. The molecule has 0 unspecified atom stereocenters. The zero-order chi connectivity index (χ0) is 17.4. The Bertz CT molecular complexity index is 725. The molecule has 0 saturated heterocycles. The second-order valence-corrected chi connectivity index (χ2v) is 5.16. The van der Waals surface area contributed by atoms with Crippen LogP contribution in [0.1, 0.15) is 18.9 Å². The predicted octanol–water partition coefficient (Wildman–Crippen LogP) is 1.36. The van der Waals surface area contributed by atoms with Crippen LogP contribution in [-0.2, 0) is 17.9 Å². The van der Waals surface area contributed by atoms with Crippen molar-refractivity contribution >= 4 is 5.91 Å². The zero-order valence-corrected chi connectivity index (χ0v) is 13.8. The molecule has 7 nitrogen and oxygen atoms in total. The molecule has 1 aromatic heterocycles. The van der Waals surface area contributed by atoms with Crippen LogP contribution >= 0.6 is 0 Å². The molecule has 0 saturated carbocycles. The quantitative estimate of drug-likeness (QED) is 0.790. The van der Waals surface area contributed by atoms with Gasteiger partial charge in [-0.1, -0.05) is 19.1 Å². The minimum atomic E-state index is -0.387. The summed E-state index contributed by atoms with van der Waals surface area (Å²) in [6.45, 7) is 2.96. The maximum Gasteiger partial charge on any atom is 0.270 e. The first-order valence-corrected chi connectivity index (χ1v) is 7.72. The van der Waals surface area contributed by atoms with Crippen molar-refractivity contribution in [1.82, 2.24) is 15.1 Å². The molecule has 0 spiro atoms. The molecule has 0 fully saturated rings. The van der Waals surface area contributed by atoms with Crippen LogP contribution in [0.5, 0.6) is 11.5 Å². The molecule has 1 heterocycles. The van der Waals surface area contributed by atoms with Gasteiger partial charge in [-0.3, -0.25) is 9.59 Å². The van der Waals surface area contributed by atoms with Crippen molar-refractivity contribution in [2.45, 2.75) is 26.4 Å². The Morgan fingerprint density at radius 1 is 1.25 bits per heavy atom. The van der Waals surface area contributed by atoms with Crippen LogP contribution in [0.3, 0.4) is 0 Å². The van der Waals surface area contributed by atoms with Crippen LogP contribution in [0.15, 0.2) is 41.3 Å². The van der Waals surface area contributed by atoms with Crippen LogP contribution < -0.4 is 20.3 Å². The number of hydrogen-bond acceptors (Lipinski definition) is 5. The Labute approximate surface area is 140 Å². The summed E-state index contributed by atoms with van der Waals surface area (Å²) in [6, 6.07) is 8.81. The molecular weight excluding hydrogens is 310 g/mol. The molecule has 0 aliphatic heterocycles. The SMILES string of the molecule is CCCOc1ccc(CNC(=O)Cn2ncc(OC)cc2=O)cc1. The average molecular weight is 331 g/mol. The minimum absolute atomic E-state index is 0.138. The third-order valence-corrected chi connectivity index (χ3v) is 3.26. The molecule has 2 aromatic rings. The highest BCUT2D eigenvalue weighted by molar-refractivity contribution is 5.75. The van der Waals surface area contributed by atoms with E-state index in [9.17, 15) is 9.59 Å². The van der Waals surface area contributed by atoms with Gasteiger partial charge in [0.25, 0.3) is 5.56 Å². The van der Waals surface area contributed by atoms with Crippen molar-refractivity contribution in [1.29, 1.82) is 0 Å². The van der Waals surface area contributed by atoms with E-state index in [4.69, 9.17) is 9.47 Å². The molecule has 1 N–H and O–H groups in total. The van der Waals surface area contributed by atoms with E-state index < -0.39 is 0 Å². The van der Waals surface area contributed by atoms with Gasteiger partial charge in [-0.15, -0.1) is 0 Å². The summed E-state index contributed by atoms with van der Waals surface area (Å²) in [7, 11) is 1.45. The number of nitrogens with zero attached hydrogens (tertiary/aromatic N) is 2. The largest absolute Gasteiger partial charge is 0.495 e. The van der Waals surface area contributed by atoms with Gasteiger partial charge in [0, 0.05) is 12.6 Å². The van der Waals surface area contributed by atoms with Gasteiger partial charge in [-0.25, -0.2) is 4.68 Å². The van der Waals surface area contributed by atoms with Gasteiger partial charge in [0.1, 0.15) is 18.0 Å². The molecule has 0 aliphatic rings. The summed E-state index contributed by atoms with van der Waals surface area (Å²) < 4.78 is 11.5. The lowest BCUT2D eigenvalue weighted by Gasteiger charge is -2.08. The number of nitrogens with one attached hydrogen (secondary N) is 1. The summed E-state index contributed by atoms with van der Waals surface area (Å²) >= 11 is 0. The molecule has 128 valence electrons. The zero-order valence-electron chi connectivity index (χ0n) is 13.8. The van der Waals surface area contributed by atoms with E-state index in [0.717, 1.165) is 22.4 Å². The summed E-state index contributed by atoms with van der Waals surface area (Å²) in [4.78, 5) is 23.7. The standard InChI is InChI=1S/C17H21N3O4/c1-3-8-24-14-6-4-13(5-7-14)10-18-16(21)12-20-17(22)9-15(23-2)11-19-20/h4-7,9,11H,3,8,10,12H2,1-2H3,(H,18,21). The molecule has 24 heavy (non-hydrogen) atoms. The van der Waals surface area contributed by atoms with Gasteiger partial charge in [-0.2, -0.15) is 5.10 Å². The number of amides is 1. The fourth-order valence-corrected chi connectivity index (χ4v) is 1.96. The normalized spacial score (nSPS) is 10.2. The highest BCUT2D eigenvalue weighted by Crippen LogP contribution is 2.12. The second-order valence-electron chi connectivity index (χ2n) is 5.16. The van der Waals surface area contributed by atoms with Crippen LogP contribution in [0.2, 0.25) is 0 Å². The highest BCUT2D eigenvalue weighted by atomic mass is 16.5. The fourth-order valence-electron chi connectivity index (χ4n) is 1.96. The van der Waals surface area contributed by atoms with Gasteiger partial charge in [-0.05, 0) is 24.1 Å². The Kier molecular flexibility index (Phi) is 6.36. The smallest absolute Gasteiger partial charge is 0.270 e. The third-order valence-electron chi connectivity index (χ3n) is 3.26. The van der Waals surface area contributed by atoms with Crippen molar-refractivity contribution in [3.63, 3.8) is 0 Å². The molecule has 0 radical (unpaired) electrons. The van der Waals surface area contributed by atoms with Crippen molar-refractivity contribution < 1.29 is 14.3 Å². The Hall–Kier alpha value is -2.83. The van der Waals surface area contributed by atoms with Crippen LogP contribution in [0, 0.1) is 0 Å². The molecular formula is C17H21N3O4. The van der Waals surface area contributed by atoms with Crippen LogP contribution in [0.4, 0.5) is 0 Å². The lowest BCUT2D eigenvalue weighted by molar-refractivity contribution is -0.122. The van der Waals surface area contributed by atoms with E-state index >= 15 is 0 Å². The number of ether oxygens (including phenoxy) is 2. The third kappa shape index (κ3) is 5.12. The number of carbonyl (C=O) groups excluding carboxylic acids is 1. The Balaban J connectivity index is 1.85. The van der Waals surface area contributed by atoms with E-state index in [-0.39, 0.29) is 18.0 Å². The average Bonchev–Trinajstić information content (AvgIpc) is 2.60. The van der Waals surface area contributed by atoms with E-state index in [2.05, 4.69) is 10.4 Å². The van der Waals surface area contributed by atoms with Crippen molar-refractivity contribution in [2.75, 3.05) is 13.7 Å². The van der Waals surface area contributed by atoms with Crippen molar-refractivity contribution in [3.8, 4) is 11.5 Å². The Morgan fingerprint density at radius 2 is 2.00 bits per heavy atom. The molecule has 2 rings (SSSR count). The van der Waals surface area contributed by atoms with E-state index in [1.54, 1.807) is 0 Å². The van der Waals surface area contributed by atoms with Crippen molar-refractivity contribution in [2.24, 2.45) is 0 Å². The number of carbonyl (C=O) groups is 1. The van der Waals surface area contributed by atoms with Gasteiger partial charge < -0.3 is 14.8 Å². The van der Waals surface area contributed by atoms with Gasteiger partial charge in [0.15, 0.2) is 0 Å². The maximum atomic E-state index is 11.9. The van der Waals surface area contributed by atoms with Crippen molar-refractivity contribution in [3.05, 3.63) is 52.4 Å². The van der Waals surface area contributed by atoms with E-state index in [1.807, 2.05) is 31.2 Å². The molecule has 1 aromatic carbocycles. The number of benzene rings is 1. The summed E-state index contributed by atoms with van der Waals surface area (Å²) in [6.07, 6.45) is 2.35.